The molecule has 0 spiro atoms. The zero-order chi connectivity index (χ0) is 17.8. The number of nitrogens with zero attached hydrogens (tertiary/aromatic N) is 3. The molecular formula is C19H24FN3OS. The lowest BCUT2D eigenvalue weighted by atomic mass is 10.0. The average Bonchev–Trinajstić information content (AvgIpc) is 3.04. The second-order valence-corrected chi connectivity index (χ2v) is 7.64. The molecule has 134 valence electrons. The summed E-state index contributed by atoms with van der Waals surface area (Å²) in [6.07, 6.45) is 0.508. The third kappa shape index (κ3) is 4.64. The van der Waals surface area contributed by atoms with Crippen molar-refractivity contribution in [3.63, 3.8) is 0 Å². The first-order chi connectivity index (χ1) is 12.0. The molecule has 1 aliphatic rings. The second kappa shape index (κ2) is 8.06. The summed E-state index contributed by atoms with van der Waals surface area (Å²) in [4.78, 5) is 21.4. The van der Waals surface area contributed by atoms with E-state index in [9.17, 15) is 9.18 Å². The Labute approximate surface area is 152 Å². The van der Waals surface area contributed by atoms with Crippen molar-refractivity contribution >= 4 is 17.2 Å². The molecule has 2 heterocycles. The van der Waals surface area contributed by atoms with Crippen molar-refractivity contribution in [3.8, 4) is 0 Å². The Morgan fingerprint density at radius 3 is 2.68 bits per heavy atom. The SMILES string of the molecule is CC(C)[C@@H]1CN(Cc2cscn2)CCC(=O)N1Cc1ccc(F)cc1. The topological polar surface area (TPSA) is 36.4 Å². The van der Waals surface area contributed by atoms with Crippen molar-refractivity contribution in [2.75, 3.05) is 13.1 Å². The van der Waals surface area contributed by atoms with E-state index < -0.39 is 0 Å². The number of rotatable bonds is 5. The monoisotopic (exact) mass is 361 g/mol. The predicted octanol–water partition coefficient (Wildman–Crippen LogP) is 3.54. The van der Waals surface area contributed by atoms with E-state index in [-0.39, 0.29) is 17.8 Å². The zero-order valence-electron chi connectivity index (χ0n) is 14.7. The van der Waals surface area contributed by atoms with Gasteiger partial charge in [-0.1, -0.05) is 26.0 Å². The number of carbonyl (C=O) groups is 1. The first kappa shape index (κ1) is 18.0. The Balaban J connectivity index is 1.76. The standard InChI is InChI=1S/C19H24FN3OS/c1-14(2)18-11-22(10-17-12-25-13-21-17)8-7-19(24)23(18)9-15-3-5-16(20)6-4-15/h3-6,12-14,18H,7-11H2,1-2H3/t18-/m0/s1. The van der Waals surface area contributed by atoms with Crippen molar-refractivity contribution in [2.24, 2.45) is 5.92 Å². The van der Waals surface area contributed by atoms with E-state index >= 15 is 0 Å². The smallest absolute Gasteiger partial charge is 0.224 e. The lowest BCUT2D eigenvalue weighted by Crippen LogP contribution is -2.45. The van der Waals surface area contributed by atoms with Gasteiger partial charge < -0.3 is 4.90 Å². The van der Waals surface area contributed by atoms with E-state index in [4.69, 9.17) is 0 Å². The molecule has 4 nitrogen and oxygen atoms in total. The Morgan fingerprint density at radius 2 is 2.04 bits per heavy atom. The van der Waals surface area contributed by atoms with Crippen LogP contribution < -0.4 is 0 Å². The van der Waals surface area contributed by atoms with E-state index in [0.29, 0.717) is 18.9 Å². The molecule has 0 radical (unpaired) electrons. The van der Waals surface area contributed by atoms with E-state index in [1.807, 2.05) is 10.4 Å². The molecule has 6 heteroatoms. The molecule has 1 atom stereocenters. The fourth-order valence-electron chi connectivity index (χ4n) is 3.29. The number of hydrogen-bond acceptors (Lipinski definition) is 4. The third-order valence-corrected chi connectivity index (χ3v) is 5.35. The van der Waals surface area contributed by atoms with E-state index in [0.717, 1.165) is 30.9 Å². The number of halogens is 1. The summed E-state index contributed by atoms with van der Waals surface area (Å²) in [6.45, 7) is 7.21. The second-order valence-electron chi connectivity index (χ2n) is 6.92. The predicted molar refractivity (Wildman–Crippen MR) is 97.6 cm³/mol. The minimum absolute atomic E-state index is 0.138. The van der Waals surface area contributed by atoms with Crippen LogP contribution in [0.3, 0.4) is 0 Å². The first-order valence-electron chi connectivity index (χ1n) is 8.66. The number of carbonyl (C=O) groups excluding carboxylic acids is 1. The summed E-state index contributed by atoms with van der Waals surface area (Å²) >= 11 is 1.60. The quantitative estimate of drug-likeness (QED) is 0.817. The number of hydrogen-bond donors (Lipinski definition) is 0. The average molecular weight is 361 g/mol. The molecule has 1 aliphatic heterocycles. The van der Waals surface area contributed by atoms with Crippen molar-refractivity contribution in [2.45, 2.75) is 39.4 Å². The maximum Gasteiger partial charge on any atom is 0.224 e. The summed E-state index contributed by atoms with van der Waals surface area (Å²) in [5.74, 6) is 0.269. The molecule has 2 aromatic rings. The summed E-state index contributed by atoms with van der Waals surface area (Å²) in [5.41, 5.74) is 3.87. The molecule has 0 unspecified atom stereocenters. The van der Waals surface area contributed by atoms with Crippen LogP contribution in [-0.4, -0.2) is 39.8 Å². The van der Waals surface area contributed by atoms with Gasteiger partial charge in [-0.3, -0.25) is 9.69 Å². The maximum absolute atomic E-state index is 13.2. The van der Waals surface area contributed by atoms with Gasteiger partial charge in [-0.05, 0) is 23.6 Å². The highest BCUT2D eigenvalue weighted by molar-refractivity contribution is 7.07. The van der Waals surface area contributed by atoms with Gasteiger partial charge >= 0.3 is 0 Å². The minimum atomic E-state index is -0.249. The molecule has 1 aromatic heterocycles. The molecule has 3 rings (SSSR count). The Morgan fingerprint density at radius 1 is 1.28 bits per heavy atom. The molecule has 0 N–H and O–H groups in total. The van der Waals surface area contributed by atoms with Crippen LogP contribution in [0.1, 0.15) is 31.5 Å². The molecule has 0 saturated carbocycles. The number of thiazole rings is 1. The summed E-state index contributed by atoms with van der Waals surface area (Å²) in [6, 6.07) is 6.57. The van der Waals surface area contributed by atoms with Gasteiger partial charge in [0, 0.05) is 44.0 Å². The molecule has 1 amide bonds. The van der Waals surface area contributed by atoms with Gasteiger partial charge in [0.1, 0.15) is 5.82 Å². The Hall–Kier alpha value is -1.79. The number of amides is 1. The van der Waals surface area contributed by atoms with Gasteiger partial charge in [-0.15, -0.1) is 11.3 Å². The van der Waals surface area contributed by atoms with E-state index in [1.54, 1.807) is 23.5 Å². The maximum atomic E-state index is 13.2. The van der Waals surface area contributed by atoms with Gasteiger partial charge in [-0.2, -0.15) is 0 Å². The third-order valence-electron chi connectivity index (χ3n) is 4.71. The molecule has 0 bridgehead atoms. The summed E-state index contributed by atoms with van der Waals surface area (Å²) in [7, 11) is 0. The number of aromatic nitrogens is 1. The van der Waals surface area contributed by atoms with Crippen LogP contribution in [0.4, 0.5) is 4.39 Å². The van der Waals surface area contributed by atoms with Crippen LogP contribution in [0.15, 0.2) is 35.2 Å². The lowest BCUT2D eigenvalue weighted by Gasteiger charge is -2.34. The molecule has 1 aromatic carbocycles. The van der Waals surface area contributed by atoms with Crippen LogP contribution in [0.2, 0.25) is 0 Å². The fraction of sp³-hybridized carbons (Fsp3) is 0.474. The lowest BCUT2D eigenvalue weighted by molar-refractivity contribution is -0.134. The largest absolute Gasteiger partial charge is 0.334 e. The highest BCUT2D eigenvalue weighted by atomic mass is 32.1. The van der Waals surface area contributed by atoms with Gasteiger partial charge in [0.25, 0.3) is 0 Å². The van der Waals surface area contributed by atoms with Gasteiger partial charge in [0.05, 0.1) is 11.2 Å². The highest BCUT2D eigenvalue weighted by Crippen LogP contribution is 2.22. The summed E-state index contributed by atoms with van der Waals surface area (Å²) in [5, 5.41) is 2.06. The molecule has 1 saturated heterocycles. The van der Waals surface area contributed by atoms with E-state index in [2.05, 4.69) is 29.1 Å². The van der Waals surface area contributed by atoms with Gasteiger partial charge in [-0.25, -0.2) is 9.37 Å². The van der Waals surface area contributed by atoms with Gasteiger partial charge in [0.15, 0.2) is 0 Å². The van der Waals surface area contributed by atoms with E-state index in [1.165, 1.54) is 12.1 Å². The molecular weight excluding hydrogens is 337 g/mol. The van der Waals surface area contributed by atoms with Crippen LogP contribution in [0, 0.1) is 11.7 Å². The van der Waals surface area contributed by atoms with Crippen molar-refractivity contribution in [3.05, 3.63) is 52.2 Å². The molecule has 25 heavy (non-hydrogen) atoms. The van der Waals surface area contributed by atoms with Gasteiger partial charge in [0.2, 0.25) is 5.91 Å². The van der Waals surface area contributed by atoms with Crippen LogP contribution in [-0.2, 0) is 17.9 Å². The minimum Gasteiger partial charge on any atom is -0.334 e. The fourth-order valence-corrected chi connectivity index (χ4v) is 3.84. The Kier molecular flexibility index (Phi) is 5.81. The van der Waals surface area contributed by atoms with Crippen molar-refractivity contribution < 1.29 is 9.18 Å². The van der Waals surface area contributed by atoms with Crippen molar-refractivity contribution in [1.82, 2.24) is 14.8 Å². The first-order valence-corrected chi connectivity index (χ1v) is 9.60. The molecule has 0 aliphatic carbocycles. The number of benzene rings is 1. The van der Waals surface area contributed by atoms with Crippen LogP contribution in [0.5, 0.6) is 0 Å². The van der Waals surface area contributed by atoms with Crippen molar-refractivity contribution in [1.29, 1.82) is 0 Å². The highest BCUT2D eigenvalue weighted by Gasteiger charge is 2.31. The van der Waals surface area contributed by atoms with Crippen LogP contribution >= 0.6 is 11.3 Å². The summed E-state index contributed by atoms with van der Waals surface area (Å²) < 4.78 is 13.2. The van der Waals surface area contributed by atoms with Crippen LogP contribution in [0.25, 0.3) is 0 Å². The Bertz CT molecular complexity index is 687. The zero-order valence-corrected chi connectivity index (χ0v) is 15.5. The normalized spacial score (nSPS) is 19.4. The molecule has 1 fully saturated rings.